The molecule has 4 heterocycles. The van der Waals surface area contributed by atoms with Gasteiger partial charge in [-0.05, 0) is 36.4 Å². The fraction of sp³-hybridized carbons (Fsp3) is 0.259. The number of fused-ring (bicyclic) bond motifs is 1. The predicted octanol–water partition coefficient (Wildman–Crippen LogP) is 4.79. The Balaban J connectivity index is 0.00000124. The maximum atomic E-state index is 13.8. The van der Waals surface area contributed by atoms with Gasteiger partial charge in [-0.3, -0.25) is 4.98 Å². The molecular weight excluding hydrogens is 564 g/mol. The molecule has 1 aromatic carbocycles. The summed E-state index contributed by atoms with van der Waals surface area (Å²) in [5.74, 6) is 1.60. The van der Waals surface area contributed by atoms with Gasteiger partial charge in [0.15, 0.2) is 22.8 Å². The van der Waals surface area contributed by atoms with Gasteiger partial charge in [-0.25, -0.2) is 14.4 Å². The average Bonchev–Trinajstić information content (AvgIpc) is 3.57. The van der Waals surface area contributed by atoms with Crippen LogP contribution in [-0.4, -0.2) is 33.0 Å². The van der Waals surface area contributed by atoms with E-state index in [1.54, 1.807) is 24.5 Å². The van der Waals surface area contributed by atoms with Gasteiger partial charge in [0.25, 0.3) is 0 Å². The number of imidazole rings is 1. The smallest absolute Gasteiger partial charge is 0.196 e. The molecule has 0 saturated carbocycles. The maximum Gasteiger partial charge on any atom is 0.196 e. The van der Waals surface area contributed by atoms with Crippen LogP contribution in [0.2, 0.25) is 0 Å². The SMILES string of the molecule is CC.Fc1cccnc1CNc1nccc2oc(CCNCCc3nc(-c4ccccc4)c[n-]3)nc12.[Pd]. The molecule has 0 radical (unpaired) electrons. The summed E-state index contributed by atoms with van der Waals surface area (Å²) in [5.41, 5.74) is 3.53. The van der Waals surface area contributed by atoms with Gasteiger partial charge < -0.3 is 25.0 Å². The van der Waals surface area contributed by atoms with Crippen LogP contribution in [0.4, 0.5) is 10.2 Å². The number of hydrogen-bond donors (Lipinski definition) is 2. The van der Waals surface area contributed by atoms with Crippen molar-refractivity contribution in [2.45, 2.75) is 33.2 Å². The average molecular weight is 593 g/mol. The van der Waals surface area contributed by atoms with E-state index in [2.05, 4.69) is 35.6 Å². The third kappa shape index (κ3) is 7.52. The van der Waals surface area contributed by atoms with Gasteiger partial charge in [-0.15, -0.1) is 0 Å². The van der Waals surface area contributed by atoms with Crippen molar-refractivity contribution in [2.24, 2.45) is 0 Å². The van der Waals surface area contributed by atoms with Gasteiger partial charge in [-0.1, -0.05) is 56.2 Å². The second-order valence-corrected chi connectivity index (χ2v) is 7.69. The standard InChI is InChI=1S/C25H23FN7O.C2H6.Pd/c26-18-7-4-11-28-20(18)16-31-25-24-21(8-14-29-25)34-23(33-24)10-13-27-12-9-22-30-15-19(32-22)17-5-2-1-3-6-17;1-2;/h1-8,11,14-15,27H,9-10,12-13,16H2,(H-,29,30,31,32);1-2H3;/q-1;;. The topological polar surface area (TPSA) is 103 Å². The summed E-state index contributed by atoms with van der Waals surface area (Å²) >= 11 is 0. The second-order valence-electron chi connectivity index (χ2n) is 7.69. The summed E-state index contributed by atoms with van der Waals surface area (Å²) in [6.07, 6.45) is 6.37. The molecule has 0 spiro atoms. The van der Waals surface area contributed by atoms with E-state index in [-0.39, 0.29) is 32.8 Å². The van der Waals surface area contributed by atoms with Crippen LogP contribution in [0.25, 0.3) is 22.4 Å². The molecule has 0 saturated heterocycles. The molecule has 0 aliphatic rings. The normalized spacial score (nSPS) is 10.5. The first kappa shape index (κ1) is 28.1. The maximum absolute atomic E-state index is 13.8. The zero-order valence-electron chi connectivity index (χ0n) is 20.7. The van der Waals surface area contributed by atoms with Gasteiger partial charge in [-0.2, -0.15) is 0 Å². The van der Waals surface area contributed by atoms with Gasteiger partial charge in [0.1, 0.15) is 5.82 Å². The zero-order valence-corrected chi connectivity index (χ0v) is 22.3. The molecule has 10 heteroatoms. The van der Waals surface area contributed by atoms with Crippen LogP contribution in [0.15, 0.2) is 71.5 Å². The molecule has 0 aliphatic heterocycles. The van der Waals surface area contributed by atoms with E-state index in [4.69, 9.17) is 4.42 Å². The van der Waals surface area contributed by atoms with Crippen LogP contribution in [0.3, 0.4) is 0 Å². The van der Waals surface area contributed by atoms with E-state index in [1.807, 2.05) is 50.4 Å². The van der Waals surface area contributed by atoms with E-state index in [9.17, 15) is 4.39 Å². The molecule has 0 amide bonds. The van der Waals surface area contributed by atoms with Gasteiger partial charge >= 0.3 is 0 Å². The summed E-state index contributed by atoms with van der Waals surface area (Å²) in [4.78, 5) is 21.9. The Kier molecular flexibility index (Phi) is 10.9. The molecule has 4 aromatic heterocycles. The number of nitrogens with zero attached hydrogens (tertiary/aromatic N) is 5. The van der Waals surface area contributed by atoms with Crippen molar-refractivity contribution in [1.82, 2.24) is 30.2 Å². The molecule has 5 aromatic rings. The molecule has 2 N–H and O–H groups in total. The third-order valence-electron chi connectivity index (χ3n) is 5.31. The van der Waals surface area contributed by atoms with Crippen LogP contribution in [0.5, 0.6) is 0 Å². The summed E-state index contributed by atoms with van der Waals surface area (Å²) in [6.45, 7) is 5.66. The molecular formula is C27H29FN7OPd-. The first-order valence-electron chi connectivity index (χ1n) is 12.1. The zero-order chi connectivity index (χ0) is 25.2. The summed E-state index contributed by atoms with van der Waals surface area (Å²) in [6, 6.07) is 14.7. The summed E-state index contributed by atoms with van der Waals surface area (Å²) in [7, 11) is 0. The van der Waals surface area contributed by atoms with E-state index in [0.29, 0.717) is 41.5 Å². The number of nitrogens with one attached hydrogen (secondary N) is 2. The van der Waals surface area contributed by atoms with Crippen LogP contribution in [-0.2, 0) is 39.8 Å². The first-order valence-corrected chi connectivity index (χ1v) is 12.1. The van der Waals surface area contributed by atoms with E-state index >= 15 is 0 Å². The largest absolute Gasteiger partial charge is 0.446 e. The van der Waals surface area contributed by atoms with E-state index in [0.717, 1.165) is 30.0 Å². The molecule has 0 atom stereocenters. The number of hydrogen-bond acceptors (Lipinski definition) is 7. The fourth-order valence-corrected chi connectivity index (χ4v) is 3.57. The number of rotatable bonds is 10. The quantitative estimate of drug-likeness (QED) is 0.176. The molecule has 37 heavy (non-hydrogen) atoms. The molecule has 0 fully saturated rings. The van der Waals surface area contributed by atoms with Crippen molar-refractivity contribution in [3.8, 4) is 11.3 Å². The first-order chi connectivity index (χ1) is 17.8. The third-order valence-corrected chi connectivity index (χ3v) is 5.31. The second kappa shape index (κ2) is 14.3. The van der Waals surface area contributed by atoms with E-state index < -0.39 is 0 Å². The minimum absolute atomic E-state index is 0. The number of aromatic nitrogens is 5. The molecule has 0 unspecified atom stereocenters. The minimum atomic E-state index is -0.363. The number of oxazole rings is 1. The Bertz CT molecular complexity index is 1370. The molecule has 0 bridgehead atoms. The molecule has 196 valence electrons. The molecule has 0 aliphatic carbocycles. The van der Waals surface area contributed by atoms with Crippen molar-refractivity contribution in [2.75, 3.05) is 18.4 Å². The van der Waals surface area contributed by atoms with Gasteiger partial charge in [0.2, 0.25) is 0 Å². The Morgan fingerprint density at radius 1 is 0.919 bits per heavy atom. The Labute approximate surface area is 229 Å². The molecule has 5 rings (SSSR count). The number of halogens is 1. The Morgan fingerprint density at radius 3 is 2.54 bits per heavy atom. The van der Waals surface area contributed by atoms with Crippen LogP contribution >= 0.6 is 0 Å². The van der Waals surface area contributed by atoms with Crippen LogP contribution in [0.1, 0.15) is 31.3 Å². The monoisotopic (exact) mass is 592 g/mol. The number of benzene rings is 1. The van der Waals surface area contributed by atoms with Crippen LogP contribution < -0.4 is 15.6 Å². The number of anilines is 1. The van der Waals surface area contributed by atoms with Crippen molar-refractivity contribution in [3.05, 3.63) is 90.3 Å². The molecule has 8 nitrogen and oxygen atoms in total. The predicted molar refractivity (Wildman–Crippen MR) is 138 cm³/mol. The summed E-state index contributed by atoms with van der Waals surface area (Å²) in [5, 5.41) is 6.48. The summed E-state index contributed by atoms with van der Waals surface area (Å²) < 4.78 is 19.7. The van der Waals surface area contributed by atoms with Crippen molar-refractivity contribution < 1.29 is 29.2 Å². The van der Waals surface area contributed by atoms with Crippen molar-refractivity contribution in [3.63, 3.8) is 0 Å². The Hall–Kier alpha value is -3.45. The fourth-order valence-electron chi connectivity index (χ4n) is 3.57. The minimum Gasteiger partial charge on any atom is -0.446 e. The van der Waals surface area contributed by atoms with E-state index in [1.165, 1.54) is 6.07 Å². The van der Waals surface area contributed by atoms with Crippen molar-refractivity contribution >= 4 is 16.9 Å². The van der Waals surface area contributed by atoms with Crippen molar-refractivity contribution in [1.29, 1.82) is 0 Å². The van der Waals surface area contributed by atoms with Crippen LogP contribution in [0, 0.1) is 5.82 Å². The number of pyridine rings is 2. The van der Waals surface area contributed by atoms with Gasteiger partial charge in [0, 0.05) is 51.8 Å². The van der Waals surface area contributed by atoms with Gasteiger partial charge in [0.05, 0.1) is 12.2 Å². The Morgan fingerprint density at radius 2 is 1.73 bits per heavy atom.